The Labute approximate surface area is 191 Å². The summed E-state index contributed by atoms with van der Waals surface area (Å²) in [6.45, 7) is 8.29. The third-order valence-electron chi connectivity index (χ3n) is 6.61. The number of amides is 1. The van der Waals surface area contributed by atoms with E-state index >= 15 is 0 Å². The van der Waals surface area contributed by atoms with E-state index in [0.717, 1.165) is 18.9 Å². The molecular formula is C25H27F2N5O. The van der Waals surface area contributed by atoms with E-state index < -0.39 is 5.54 Å². The average Bonchev–Trinajstić information content (AvgIpc) is 3.08. The van der Waals surface area contributed by atoms with Crippen LogP contribution in [0.1, 0.15) is 25.2 Å². The molecule has 2 N–H and O–H groups in total. The van der Waals surface area contributed by atoms with Crippen LogP contribution in [0, 0.1) is 24.5 Å². The number of fused-ring (bicyclic) bond motifs is 1. The van der Waals surface area contributed by atoms with Crippen LogP contribution in [0.4, 0.5) is 20.3 Å². The van der Waals surface area contributed by atoms with Crippen LogP contribution in [-0.2, 0) is 16.9 Å². The molecule has 0 aliphatic carbocycles. The van der Waals surface area contributed by atoms with Crippen molar-refractivity contribution in [2.24, 2.45) is 5.92 Å². The number of anilines is 2. The van der Waals surface area contributed by atoms with Crippen molar-refractivity contribution in [3.8, 4) is 11.3 Å². The number of aryl methyl sites for hydroxylation is 1. The highest BCUT2D eigenvalue weighted by Crippen LogP contribution is 2.40. The van der Waals surface area contributed by atoms with Crippen molar-refractivity contribution in [2.75, 3.05) is 25.0 Å². The number of aromatic nitrogens is 2. The maximum absolute atomic E-state index is 14.1. The molecule has 1 fully saturated rings. The molecular weight excluding hydrogens is 424 g/mol. The maximum Gasteiger partial charge on any atom is 0.243 e. The summed E-state index contributed by atoms with van der Waals surface area (Å²) in [6.07, 6.45) is 0. The van der Waals surface area contributed by atoms with Crippen LogP contribution in [0.5, 0.6) is 0 Å². The first kappa shape index (κ1) is 21.6. The number of imidazole rings is 1. The Morgan fingerprint density at radius 2 is 1.97 bits per heavy atom. The molecule has 2 aliphatic rings. The summed E-state index contributed by atoms with van der Waals surface area (Å²) >= 11 is 0. The number of halogens is 2. The average molecular weight is 452 g/mol. The molecule has 33 heavy (non-hydrogen) atoms. The van der Waals surface area contributed by atoms with Gasteiger partial charge in [-0.25, -0.2) is 13.8 Å². The van der Waals surface area contributed by atoms with Gasteiger partial charge in [0, 0.05) is 36.8 Å². The van der Waals surface area contributed by atoms with Gasteiger partial charge in [0.25, 0.3) is 0 Å². The van der Waals surface area contributed by atoms with E-state index in [2.05, 4.69) is 10.6 Å². The Morgan fingerprint density at radius 1 is 1.18 bits per heavy atom. The van der Waals surface area contributed by atoms with Crippen molar-refractivity contribution in [2.45, 2.75) is 32.9 Å². The molecule has 5 rings (SSSR count). The van der Waals surface area contributed by atoms with Crippen LogP contribution in [0.2, 0.25) is 0 Å². The Balaban J connectivity index is 1.63. The van der Waals surface area contributed by atoms with Gasteiger partial charge in [-0.05, 0) is 56.7 Å². The number of rotatable bonds is 5. The van der Waals surface area contributed by atoms with Crippen molar-refractivity contribution in [1.29, 1.82) is 0 Å². The molecule has 1 amide bonds. The predicted octanol–water partition coefficient (Wildman–Crippen LogP) is 4.18. The Bertz CT molecular complexity index is 1230. The maximum atomic E-state index is 14.1. The van der Waals surface area contributed by atoms with Gasteiger partial charge >= 0.3 is 0 Å². The van der Waals surface area contributed by atoms with E-state index in [9.17, 15) is 13.6 Å². The summed E-state index contributed by atoms with van der Waals surface area (Å²) < 4.78 is 29.8. The van der Waals surface area contributed by atoms with E-state index in [1.165, 1.54) is 18.2 Å². The zero-order valence-electron chi connectivity index (χ0n) is 19.0. The quantitative estimate of drug-likeness (QED) is 0.611. The summed E-state index contributed by atoms with van der Waals surface area (Å²) in [5, 5.41) is 6.59. The minimum atomic E-state index is -0.647. The summed E-state index contributed by atoms with van der Waals surface area (Å²) in [7, 11) is 0. The van der Waals surface area contributed by atoms with Crippen molar-refractivity contribution in [3.63, 3.8) is 0 Å². The fourth-order valence-electron chi connectivity index (χ4n) is 4.62. The topological polar surface area (TPSA) is 62.2 Å². The Hall–Kier alpha value is -3.26. The number of hydrogen-bond donors (Lipinski definition) is 2. The van der Waals surface area contributed by atoms with E-state index in [1.807, 2.05) is 23.3 Å². The van der Waals surface area contributed by atoms with Crippen LogP contribution >= 0.6 is 0 Å². The van der Waals surface area contributed by atoms with Crippen LogP contribution in [-0.4, -0.2) is 40.0 Å². The van der Waals surface area contributed by atoms with Crippen LogP contribution in [0.15, 0.2) is 42.5 Å². The molecule has 8 heteroatoms. The van der Waals surface area contributed by atoms with E-state index in [1.54, 1.807) is 31.2 Å². The van der Waals surface area contributed by atoms with Crippen LogP contribution in [0.25, 0.3) is 11.3 Å². The molecule has 0 atom stereocenters. The highest BCUT2D eigenvalue weighted by molar-refractivity contribution is 5.83. The number of nitrogens with zero attached hydrogens (tertiary/aromatic N) is 3. The van der Waals surface area contributed by atoms with Crippen molar-refractivity contribution >= 4 is 17.4 Å². The lowest BCUT2D eigenvalue weighted by atomic mass is 9.94. The minimum Gasteiger partial charge on any atom is -0.340 e. The number of carbonyl (C=O) groups is 1. The van der Waals surface area contributed by atoms with E-state index in [4.69, 9.17) is 4.98 Å². The molecule has 0 bridgehead atoms. The molecule has 1 aromatic heterocycles. The number of benzene rings is 2. The third kappa shape index (κ3) is 3.78. The zero-order chi connectivity index (χ0) is 23.3. The van der Waals surface area contributed by atoms with Crippen LogP contribution in [0.3, 0.4) is 0 Å². The van der Waals surface area contributed by atoms with Crippen LogP contribution < -0.4 is 10.6 Å². The number of hydrogen-bond acceptors (Lipinski definition) is 4. The predicted molar refractivity (Wildman–Crippen MR) is 123 cm³/mol. The van der Waals surface area contributed by atoms with Gasteiger partial charge in [-0.2, -0.15) is 0 Å². The molecule has 3 aromatic rings. The number of carbonyl (C=O) groups excluding carboxylic acids is 1. The fourth-order valence-corrected chi connectivity index (χ4v) is 4.62. The zero-order valence-corrected chi connectivity index (χ0v) is 19.0. The standard InChI is InChI=1S/C25H27F2N5O/c1-15-9-19(7-8-20(15)27)29-23-22(17-5-4-6-18(26)10-17)30-24-25(2,3)32(13-16-11-28-12-16)21(33)14-31(23)24/h4-10,16,28-29H,11-14H2,1-3H3. The highest BCUT2D eigenvalue weighted by atomic mass is 19.1. The molecule has 0 saturated carbocycles. The van der Waals surface area contributed by atoms with Gasteiger partial charge in [0.2, 0.25) is 5.91 Å². The Kier molecular flexibility index (Phi) is 5.20. The highest BCUT2D eigenvalue weighted by Gasteiger charge is 2.44. The van der Waals surface area contributed by atoms with Gasteiger partial charge in [-0.3, -0.25) is 4.79 Å². The van der Waals surface area contributed by atoms with Crippen molar-refractivity contribution in [1.82, 2.24) is 19.8 Å². The first-order valence-electron chi connectivity index (χ1n) is 11.2. The van der Waals surface area contributed by atoms with Gasteiger partial charge in [0.15, 0.2) is 0 Å². The number of nitrogens with one attached hydrogen (secondary N) is 2. The van der Waals surface area contributed by atoms with Gasteiger partial charge < -0.3 is 20.1 Å². The molecule has 1 saturated heterocycles. The lowest BCUT2D eigenvalue weighted by Gasteiger charge is -2.45. The molecule has 2 aromatic carbocycles. The van der Waals surface area contributed by atoms with E-state index in [0.29, 0.717) is 40.8 Å². The summed E-state index contributed by atoms with van der Waals surface area (Å²) in [4.78, 5) is 20.1. The fraction of sp³-hybridized carbons (Fsp3) is 0.360. The second-order valence-corrected chi connectivity index (χ2v) is 9.41. The van der Waals surface area contributed by atoms with Gasteiger partial charge in [0.1, 0.15) is 35.5 Å². The second-order valence-electron chi connectivity index (χ2n) is 9.41. The van der Waals surface area contributed by atoms with Crippen molar-refractivity contribution < 1.29 is 13.6 Å². The molecule has 3 heterocycles. The first-order chi connectivity index (χ1) is 15.7. The second kappa shape index (κ2) is 7.95. The smallest absolute Gasteiger partial charge is 0.243 e. The van der Waals surface area contributed by atoms with Gasteiger partial charge in [-0.1, -0.05) is 12.1 Å². The minimum absolute atomic E-state index is 0.0147. The third-order valence-corrected chi connectivity index (χ3v) is 6.61. The summed E-state index contributed by atoms with van der Waals surface area (Å²) in [5.41, 5.74) is 1.69. The Morgan fingerprint density at radius 3 is 2.64 bits per heavy atom. The largest absolute Gasteiger partial charge is 0.340 e. The molecule has 0 spiro atoms. The normalized spacial score (nSPS) is 17.6. The van der Waals surface area contributed by atoms with Gasteiger partial charge in [0.05, 0.1) is 5.54 Å². The lowest BCUT2D eigenvalue weighted by molar-refractivity contribution is -0.142. The molecule has 6 nitrogen and oxygen atoms in total. The van der Waals surface area contributed by atoms with Gasteiger partial charge in [-0.15, -0.1) is 0 Å². The molecule has 0 unspecified atom stereocenters. The summed E-state index contributed by atoms with van der Waals surface area (Å²) in [5.74, 6) is 1.11. The molecule has 172 valence electrons. The SMILES string of the molecule is Cc1cc(Nc2c(-c3cccc(F)c3)nc3n2CC(=O)N(CC2CNC2)C3(C)C)ccc1F. The lowest BCUT2D eigenvalue weighted by Crippen LogP contribution is -2.58. The first-order valence-corrected chi connectivity index (χ1v) is 11.2. The molecule has 0 radical (unpaired) electrons. The van der Waals surface area contributed by atoms with E-state index in [-0.39, 0.29) is 24.1 Å². The van der Waals surface area contributed by atoms with Crippen molar-refractivity contribution in [3.05, 3.63) is 65.5 Å². The summed E-state index contributed by atoms with van der Waals surface area (Å²) in [6, 6.07) is 11.0. The monoisotopic (exact) mass is 451 g/mol. The molecule has 2 aliphatic heterocycles.